The predicted molar refractivity (Wildman–Crippen MR) is 63.5 cm³/mol. The van der Waals surface area contributed by atoms with Crippen LogP contribution in [0.4, 0.5) is 17.3 Å². The lowest BCUT2D eigenvalue weighted by Gasteiger charge is -2.05. The van der Waals surface area contributed by atoms with Gasteiger partial charge in [-0.1, -0.05) is 12.1 Å². The van der Waals surface area contributed by atoms with E-state index < -0.39 is 5.56 Å². The van der Waals surface area contributed by atoms with Gasteiger partial charge in [-0.05, 0) is 12.1 Å². The molecule has 0 amide bonds. The Hall–Kier alpha value is -2.50. The summed E-state index contributed by atoms with van der Waals surface area (Å²) in [5.74, 6) is 0.0334. The predicted octanol–water partition coefficient (Wildman–Crippen LogP) is 0.183. The molecule has 0 saturated carbocycles. The number of nitrogens with two attached hydrogens (primary N) is 3. The van der Waals surface area contributed by atoms with E-state index in [0.717, 1.165) is 0 Å². The van der Waals surface area contributed by atoms with Gasteiger partial charge in [-0.15, -0.1) is 0 Å². The van der Waals surface area contributed by atoms with Gasteiger partial charge < -0.3 is 17.2 Å². The summed E-state index contributed by atoms with van der Waals surface area (Å²) in [5.41, 5.74) is 17.9. The third-order valence-electron chi connectivity index (χ3n) is 2.16. The molecule has 1 aromatic heterocycles. The molecule has 2 aromatic rings. The van der Waals surface area contributed by atoms with Gasteiger partial charge in [0.25, 0.3) is 5.56 Å². The molecule has 0 aliphatic heterocycles. The number of nitrogens with one attached hydrogen (secondary N) is 1. The number of aromatic nitrogens is 2. The first-order chi connectivity index (χ1) is 7.58. The van der Waals surface area contributed by atoms with Crippen LogP contribution in [0, 0.1) is 0 Å². The molecule has 0 radical (unpaired) electrons. The van der Waals surface area contributed by atoms with Crippen LogP contribution in [0.15, 0.2) is 29.1 Å². The van der Waals surface area contributed by atoms with Crippen LogP contribution in [0.5, 0.6) is 0 Å². The molecule has 0 aliphatic rings. The lowest BCUT2D eigenvalue weighted by molar-refractivity contribution is 1.15. The molecule has 0 unspecified atom stereocenters. The van der Waals surface area contributed by atoms with Crippen molar-refractivity contribution < 1.29 is 0 Å². The van der Waals surface area contributed by atoms with Crippen LogP contribution in [0.25, 0.3) is 11.3 Å². The fraction of sp³-hybridized carbons (Fsp3) is 0. The van der Waals surface area contributed by atoms with Crippen molar-refractivity contribution in [2.24, 2.45) is 0 Å². The Labute approximate surface area is 91.1 Å². The highest BCUT2D eigenvalue weighted by Gasteiger charge is 2.08. The minimum atomic E-state index is -0.445. The highest BCUT2D eigenvalue weighted by atomic mass is 16.1. The number of anilines is 3. The highest BCUT2D eigenvalue weighted by molar-refractivity contribution is 5.73. The van der Waals surface area contributed by atoms with E-state index in [9.17, 15) is 4.79 Å². The Kier molecular flexibility index (Phi) is 2.24. The number of nitrogen functional groups attached to an aromatic ring is 3. The number of hydrogen-bond acceptors (Lipinski definition) is 5. The van der Waals surface area contributed by atoms with Crippen molar-refractivity contribution in [1.82, 2.24) is 9.97 Å². The Balaban J connectivity index is 2.64. The zero-order valence-corrected chi connectivity index (χ0v) is 8.40. The lowest BCUT2D eigenvalue weighted by Crippen LogP contribution is -2.16. The normalized spacial score (nSPS) is 10.2. The molecule has 6 nitrogen and oxygen atoms in total. The fourth-order valence-electron chi connectivity index (χ4n) is 1.36. The molecule has 1 aromatic carbocycles. The maximum Gasteiger partial charge on any atom is 0.276 e. The van der Waals surface area contributed by atoms with Crippen molar-refractivity contribution >= 4 is 17.3 Å². The van der Waals surface area contributed by atoms with Gasteiger partial charge in [0.05, 0.1) is 0 Å². The molecule has 6 heteroatoms. The molecule has 0 saturated heterocycles. The molecule has 1 heterocycles. The lowest BCUT2D eigenvalue weighted by atomic mass is 10.1. The van der Waals surface area contributed by atoms with Crippen LogP contribution in [-0.4, -0.2) is 9.97 Å². The monoisotopic (exact) mass is 217 g/mol. The van der Waals surface area contributed by atoms with Gasteiger partial charge in [-0.25, -0.2) is 4.98 Å². The molecule has 16 heavy (non-hydrogen) atoms. The van der Waals surface area contributed by atoms with E-state index in [4.69, 9.17) is 17.2 Å². The van der Waals surface area contributed by atoms with Crippen molar-refractivity contribution in [2.75, 3.05) is 17.2 Å². The molecule has 0 aliphatic carbocycles. The first kappa shape index (κ1) is 10.0. The van der Waals surface area contributed by atoms with Crippen molar-refractivity contribution in [3.8, 4) is 11.3 Å². The highest BCUT2D eigenvalue weighted by Crippen LogP contribution is 2.21. The third kappa shape index (κ3) is 1.68. The Morgan fingerprint density at radius 3 is 2.31 bits per heavy atom. The summed E-state index contributed by atoms with van der Waals surface area (Å²) in [6.45, 7) is 0. The smallest absolute Gasteiger partial charge is 0.276 e. The first-order valence-electron chi connectivity index (χ1n) is 4.59. The zero-order chi connectivity index (χ0) is 11.7. The summed E-state index contributed by atoms with van der Waals surface area (Å²) in [6, 6.07) is 6.86. The average molecular weight is 217 g/mol. The van der Waals surface area contributed by atoms with E-state index in [1.165, 1.54) is 0 Å². The number of aromatic amines is 1. The van der Waals surface area contributed by atoms with E-state index in [2.05, 4.69) is 9.97 Å². The Morgan fingerprint density at radius 2 is 1.69 bits per heavy atom. The van der Waals surface area contributed by atoms with Crippen LogP contribution in [0.2, 0.25) is 0 Å². The zero-order valence-electron chi connectivity index (χ0n) is 8.40. The number of benzene rings is 1. The number of H-pyrrole nitrogens is 1. The molecular formula is C10H11N5O. The van der Waals surface area contributed by atoms with E-state index in [1.807, 2.05) is 0 Å². The van der Waals surface area contributed by atoms with Crippen molar-refractivity contribution in [3.05, 3.63) is 34.6 Å². The molecule has 82 valence electrons. The number of rotatable bonds is 1. The summed E-state index contributed by atoms with van der Waals surface area (Å²) < 4.78 is 0. The minimum Gasteiger partial charge on any atom is -0.399 e. The molecule has 0 fully saturated rings. The average Bonchev–Trinajstić information content (AvgIpc) is 2.25. The van der Waals surface area contributed by atoms with E-state index in [1.54, 1.807) is 24.3 Å². The van der Waals surface area contributed by atoms with E-state index in [0.29, 0.717) is 16.9 Å². The SMILES string of the molecule is Nc1ccc(-c2nc(N)[nH]c(=O)c2N)cc1. The molecule has 0 atom stereocenters. The quantitative estimate of drug-likeness (QED) is 0.507. The van der Waals surface area contributed by atoms with Crippen LogP contribution in [0.1, 0.15) is 0 Å². The second-order valence-corrected chi connectivity index (χ2v) is 3.34. The summed E-state index contributed by atoms with van der Waals surface area (Å²) in [6.07, 6.45) is 0. The van der Waals surface area contributed by atoms with Gasteiger partial charge in [0.2, 0.25) is 5.95 Å². The van der Waals surface area contributed by atoms with Gasteiger partial charge >= 0.3 is 0 Å². The van der Waals surface area contributed by atoms with E-state index >= 15 is 0 Å². The summed E-state index contributed by atoms with van der Waals surface area (Å²) in [5, 5.41) is 0. The van der Waals surface area contributed by atoms with E-state index in [-0.39, 0.29) is 11.6 Å². The van der Waals surface area contributed by atoms with Crippen LogP contribution < -0.4 is 22.8 Å². The topological polar surface area (TPSA) is 124 Å². The van der Waals surface area contributed by atoms with Gasteiger partial charge in [-0.3, -0.25) is 9.78 Å². The van der Waals surface area contributed by atoms with Gasteiger partial charge in [0.15, 0.2) is 0 Å². The van der Waals surface area contributed by atoms with Crippen LogP contribution in [0.3, 0.4) is 0 Å². The maximum absolute atomic E-state index is 11.4. The molecule has 0 spiro atoms. The second kappa shape index (κ2) is 3.58. The second-order valence-electron chi connectivity index (χ2n) is 3.34. The molecule has 0 bridgehead atoms. The van der Waals surface area contributed by atoms with Gasteiger partial charge in [0, 0.05) is 11.3 Å². The summed E-state index contributed by atoms with van der Waals surface area (Å²) in [7, 11) is 0. The third-order valence-corrected chi connectivity index (χ3v) is 2.16. The minimum absolute atomic E-state index is 0.0334. The van der Waals surface area contributed by atoms with Gasteiger partial charge in [0.1, 0.15) is 11.4 Å². The largest absolute Gasteiger partial charge is 0.399 e. The van der Waals surface area contributed by atoms with Crippen molar-refractivity contribution in [3.63, 3.8) is 0 Å². The first-order valence-corrected chi connectivity index (χ1v) is 4.59. The fourth-order valence-corrected chi connectivity index (χ4v) is 1.36. The maximum atomic E-state index is 11.4. The Bertz CT molecular complexity index is 573. The van der Waals surface area contributed by atoms with Crippen molar-refractivity contribution in [2.45, 2.75) is 0 Å². The molecule has 7 N–H and O–H groups in total. The standard InChI is InChI=1S/C10H11N5O/c11-6-3-1-5(2-4-6)8-7(12)9(16)15-10(13)14-8/h1-4H,11-12H2,(H3,13,14,15,16). The Morgan fingerprint density at radius 1 is 1.06 bits per heavy atom. The molecular weight excluding hydrogens is 206 g/mol. The van der Waals surface area contributed by atoms with Crippen LogP contribution >= 0.6 is 0 Å². The van der Waals surface area contributed by atoms with Gasteiger partial charge in [-0.2, -0.15) is 0 Å². The van der Waals surface area contributed by atoms with Crippen molar-refractivity contribution in [1.29, 1.82) is 0 Å². The number of nitrogens with zero attached hydrogens (tertiary/aromatic N) is 1. The van der Waals surface area contributed by atoms with Crippen LogP contribution in [-0.2, 0) is 0 Å². The summed E-state index contributed by atoms with van der Waals surface area (Å²) in [4.78, 5) is 17.7. The molecule has 2 rings (SSSR count). The summed E-state index contributed by atoms with van der Waals surface area (Å²) >= 11 is 0. The number of hydrogen-bond donors (Lipinski definition) is 4.